The lowest BCUT2D eigenvalue weighted by Crippen LogP contribution is -2.25. The maximum atomic E-state index is 12.4. The molecule has 1 rings (SSSR count). The van der Waals surface area contributed by atoms with Gasteiger partial charge >= 0.3 is 6.18 Å². The first-order chi connectivity index (χ1) is 7.25. The van der Waals surface area contributed by atoms with E-state index in [1.165, 1.54) is 25.5 Å². The molecule has 1 aromatic rings. The van der Waals surface area contributed by atoms with Gasteiger partial charge in [-0.1, -0.05) is 13.8 Å². The number of halogens is 3. The van der Waals surface area contributed by atoms with Crippen molar-refractivity contribution in [3.05, 3.63) is 33.2 Å². The normalized spacial score (nSPS) is 10.8. The van der Waals surface area contributed by atoms with E-state index in [2.05, 4.69) is 0 Å². The second kappa shape index (κ2) is 5.18. The molecule has 2 nitrogen and oxygen atoms in total. The largest absolute Gasteiger partial charge is 0.416 e. The maximum Gasteiger partial charge on any atom is 0.416 e. The van der Waals surface area contributed by atoms with Gasteiger partial charge in [0.2, 0.25) is 0 Å². The van der Waals surface area contributed by atoms with E-state index in [-0.39, 0.29) is 5.56 Å². The van der Waals surface area contributed by atoms with Crippen LogP contribution in [0.3, 0.4) is 0 Å². The van der Waals surface area contributed by atoms with Crippen LogP contribution >= 0.6 is 0 Å². The Morgan fingerprint density at radius 3 is 2.00 bits per heavy atom. The van der Waals surface area contributed by atoms with E-state index in [1.54, 1.807) is 0 Å². The standard InChI is InChI=1S/C9H10F3NO.C2H6/c1-5-4-7(9(10,11)12)6(2)8(14)13(5)3;1-2/h4H,1-3H3;1-2H3. The van der Waals surface area contributed by atoms with Crippen LogP contribution in [0.4, 0.5) is 13.2 Å². The molecule has 0 saturated carbocycles. The van der Waals surface area contributed by atoms with Crippen LogP contribution in [0, 0.1) is 13.8 Å². The average Bonchev–Trinajstić information content (AvgIpc) is 2.21. The van der Waals surface area contributed by atoms with Crippen LogP contribution in [0.1, 0.15) is 30.7 Å². The van der Waals surface area contributed by atoms with Gasteiger partial charge < -0.3 is 4.57 Å². The van der Waals surface area contributed by atoms with Gasteiger partial charge in [0, 0.05) is 18.3 Å². The lowest BCUT2D eigenvalue weighted by Gasteiger charge is -2.12. The van der Waals surface area contributed by atoms with Crippen LogP contribution in [0.15, 0.2) is 10.9 Å². The minimum atomic E-state index is -4.46. The number of alkyl halides is 3. The Labute approximate surface area is 92.7 Å². The topological polar surface area (TPSA) is 22.0 Å². The summed E-state index contributed by atoms with van der Waals surface area (Å²) in [5, 5.41) is 0. The average molecular weight is 235 g/mol. The lowest BCUT2D eigenvalue weighted by molar-refractivity contribution is -0.138. The van der Waals surface area contributed by atoms with E-state index in [0.717, 1.165) is 6.07 Å². The number of hydrogen-bond donors (Lipinski definition) is 0. The molecule has 0 saturated heterocycles. The third-order valence-corrected chi connectivity index (χ3v) is 2.22. The minimum Gasteiger partial charge on any atom is -0.316 e. The Kier molecular flexibility index (Phi) is 4.78. The molecule has 0 aliphatic heterocycles. The summed E-state index contributed by atoms with van der Waals surface area (Å²) in [5.41, 5.74) is -1.41. The fraction of sp³-hybridized carbons (Fsp3) is 0.545. The molecule has 5 heteroatoms. The first-order valence-electron chi connectivity index (χ1n) is 4.99. The number of pyridine rings is 1. The van der Waals surface area contributed by atoms with Gasteiger partial charge in [0.1, 0.15) is 0 Å². The number of nitrogens with zero attached hydrogens (tertiary/aromatic N) is 1. The molecule has 0 N–H and O–H groups in total. The van der Waals surface area contributed by atoms with Gasteiger partial charge in [-0.3, -0.25) is 4.79 Å². The lowest BCUT2D eigenvalue weighted by atomic mass is 10.1. The molecular weight excluding hydrogens is 219 g/mol. The van der Waals surface area contributed by atoms with Gasteiger partial charge in [0.05, 0.1) is 5.56 Å². The molecule has 0 radical (unpaired) electrons. The monoisotopic (exact) mass is 235 g/mol. The second-order valence-electron chi connectivity index (χ2n) is 3.19. The van der Waals surface area contributed by atoms with Crippen LogP contribution in [0.25, 0.3) is 0 Å². The molecule has 0 aliphatic rings. The fourth-order valence-corrected chi connectivity index (χ4v) is 1.24. The van der Waals surface area contributed by atoms with Crippen LogP contribution < -0.4 is 5.56 Å². The van der Waals surface area contributed by atoms with Crippen molar-refractivity contribution < 1.29 is 13.2 Å². The van der Waals surface area contributed by atoms with Crippen molar-refractivity contribution in [2.24, 2.45) is 7.05 Å². The summed E-state index contributed by atoms with van der Waals surface area (Å²) in [6.07, 6.45) is -4.46. The molecule has 0 aromatic carbocycles. The van der Waals surface area contributed by atoms with Crippen molar-refractivity contribution in [2.45, 2.75) is 33.9 Å². The van der Waals surface area contributed by atoms with Crippen LogP contribution in [0.5, 0.6) is 0 Å². The summed E-state index contributed by atoms with van der Waals surface area (Å²) in [4.78, 5) is 11.3. The zero-order valence-corrected chi connectivity index (χ0v) is 10.1. The third kappa shape index (κ3) is 2.87. The van der Waals surface area contributed by atoms with Gasteiger partial charge in [-0.2, -0.15) is 13.2 Å². The van der Waals surface area contributed by atoms with Crippen molar-refractivity contribution >= 4 is 0 Å². The highest BCUT2D eigenvalue weighted by molar-refractivity contribution is 5.28. The highest BCUT2D eigenvalue weighted by atomic mass is 19.4. The van der Waals surface area contributed by atoms with Gasteiger partial charge in [-0.05, 0) is 19.9 Å². The molecule has 0 atom stereocenters. The molecule has 0 spiro atoms. The Hall–Kier alpha value is -1.26. The minimum absolute atomic E-state index is 0.259. The molecule has 0 unspecified atom stereocenters. The second-order valence-corrected chi connectivity index (χ2v) is 3.19. The van der Waals surface area contributed by atoms with E-state index in [9.17, 15) is 18.0 Å². The van der Waals surface area contributed by atoms with Gasteiger partial charge in [-0.25, -0.2) is 0 Å². The highest BCUT2D eigenvalue weighted by Crippen LogP contribution is 2.30. The summed E-state index contributed by atoms with van der Waals surface area (Å²) < 4.78 is 38.4. The van der Waals surface area contributed by atoms with Crippen LogP contribution in [-0.4, -0.2) is 4.57 Å². The van der Waals surface area contributed by atoms with Gasteiger partial charge in [-0.15, -0.1) is 0 Å². The van der Waals surface area contributed by atoms with Crippen LogP contribution in [-0.2, 0) is 13.2 Å². The summed E-state index contributed by atoms with van der Waals surface area (Å²) in [6.45, 7) is 6.65. The molecular formula is C11H16F3NO. The number of rotatable bonds is 0. The number of aromatic nitrogens is 1. The van der Waals surface area contributed by atoms with E-state index in [4.69, 9.17) is 0 Å². The van der Waals surface area contributed by atoms with E-state index >= 15 is 0 Å². The van der Waals surface area contributed by atoms with E-state index < -0.39 is 17.3 Å². The van der Waals surface area contributed by atoms with Crippen molar-refractivity contribution in [2.75, 3.05) is 0 Å². The van der Waals surface area contributed by atoms with Crippen molar-refractivity contribution in [3.8, 4) is 0 Å². The zero-order chi connectivity index (χ0) is 13.1. The predicted octanol–water partition coefficient (Wildman–Crippen LogP) is 3.05. The Balaban J connectivity index is 0.00000106. The molecule has 0 amide bonds. The van der Waals surface area contributed by atoms with Gasteiger partial charge in [0.15, 0.2) is 0 Å². The quantitative estimate of drug-likeness (QED) is 0.677. The zero-order valence-electron chi connectivity index (χ0n) is 10.1. The first kappa shape index (κ1) is 14.7. The SMILES string of the molecule is CC.Cc1c(C(F)(F)F)cc(C)n(C)c1=O. The summed E-state index contributed by atoms with van der Waals surface area (Å²) >= 11 is 0. The molecule has 0 fully saturated rings. The van der Waals surface area contributed by atoms with Crippen molar-refractivity contribution in [3.63, 3.8) is 0 Å². The molecule has 92 valence electrons. The summed E-state index contributed by atoms with van der Waals surface area (Å²) in [5.74, 6) is 0. The molecule has 16 heavy (non-hydrogen) atoms. The maximum absolute atomic E-state index is 12.4. The predicted molar refractivity (Wildman–Crippen MR) is 57.5 cm³/mol. The third-order valence-electron chi connectivity index (χ3n) is 2.22. The van der Waals surface area contributed by atoms with E-state index in [0.29, 0.717) is 5.69 Å². The molecule has 1 aromatic heterocycles. The molecule has 1 heterocycles. The summed E-state index contributed by atoms with van der Waals surface area (Å²) in [7, 11) is 1.45. The first-order valence-corrected chi connectivity index (χ1v) is 4.99. The molecule has 0 bridgehead atoms. The molecule has 0 aliphatic carbocycles. The number of aryl methyl sites for hydroxylation is 1. The smallest absolute Gasteiger partial charge is 0.316 e. The Morgan fingerprint density at radius 2 is 1.62 bits per heavy atom. The highest BCUT2D eigenvalue weighted by Gasteiger charge is 2.33. The van der Waals surface area contributed by atoms with Gasteiger partial charge in [0.25, 0.3) is 5.56 Å². The van der Waals surface area contributed by atoms with E-state index in [1.807, 2.05) is 13.8 Å². The Morgan fingerprint density at radius 1 is 1.19 bits per heavy atom. The van der Waals surface area contributed by atoms with Crippen molar-refractivity contribution in [1.29, 1.82) is 0 Å². The van der Waals surface area contributed by atoms with Crippen molar-refractivity contribution in [1.82, 2.24) is 4.57 Å². The van der Waals surface area contributed by atoms with Crippen LogP contribution in [0.2, 0.25) is 0 Å². The summed E-state index contributed by atoms with van der Waals surface area (Å²) in [6, 6.07) is 0.983. The fourth-order valence-electron chi connectivity index (χ4n) is 1.24. The number of hydrogen-bond acceptors (Lipinski definition) is 1. The Bertz CT molecular complexity index is 418.